The highest BCUT2D eigenvalue weighted by Gasteiger charge is 2.18. The normalized spacial score (nSPS) is 15.3. The highest BCUT2D eigenvalue weighted by Crippen LogP contribution is 2.18. The second-order valence-electron chi connectivity index (χ2n) is 8.48. The molecule has 0 saturated heterocycles. The number of carbonyl (C=O) groups is 1. The monoisotopic (exact) mass is 547 g/mol. The molecule has 0 aliphatic carbocycles. The van der Waals surface area contributed by atoms with Crippen molar-refractivity contribution in [3.05, 3.63) is 35.4 Å². The molecule has 0 spiro atoms. The third-order valence-electron chi connectivity index (χ3n) is 4.57. The van der Waals surface area contributed by atoms with Gasteiger partial charge in [0, 0.05) is 39.3 Å². The number of β-amino-alcohol motifs (C(OH)–C–C–N with tert-alkyl or cyclic N) is 1. The number of guanidine groups is 1. The molecule has 0 aromatic heterocycles. The standard InChI is InChI=1S/C22H37N5O3.HI/c1-5-23-20(24-11-12-25-21(29)30-22(2,3)4)26-14-19(28)16-27-13-10-17-8-6-7-9-18(17)15-27;/h6-9,19,28H,5,10-16H2,1-4H3,(H,25,29)(H2,23,24,26);1H. The molecule has 4 N–H and O–H groups in total. The molecule has 1 heterocycles. The minimum absolute atomic E-state index is 0. The molecule has 9 heteroatoms. The number of carbonyl (C=O) groups excluding carboxylic acids is 1. The van der Waals surface area contributed by atoms with Crippen molar-refractivity contribution in [2.24, 2.45) is 4.99 Å². The fourth-order valence-corrected chi connectivity index (χ4v) is 3.26. The SMILES string of the molecule is CCNC(=NCC(O)CN1CCc2ccccc2C1)NCCNC(=O)OC(C)(C)C.I. The second kappa shape index (κ2) is 13.7. The van der Waals surface area contributed by atoms with Crippen LogP contribution in [0.4, 0.5) is 4.79 Å². The number of aliphatic imine (C=N–C) groups is 1. The molecule has 0 bridgehead atoms. The third kappa shape index (κ3) is 11.0. The number of alkyl carbamates (subject to hydrolysis) is 1. The van der Waals surface area contributed by atoms with Crippen molar-refractivity contribution in [2.75, 3.05) is 39.3 Å². The Morgan fingerprint density at radius 2 is 1.87 bits per heavy atom. The fraction of sp³-hybridized carbons (Fsp3) is 0.636. The van der Waals surface area contributed by atoms with Crippen molar-refractivity contribution in [3.63, 3.8) is 0 Å². The Balaban J connectivity index is 0.00000480. The number of amides is 1. The average Bonchev–Trinajstić information content (AvgIpc) is 2.68. The lowest BCUT2D eigenvalue weighted by atomic mass is 10.00. The lowest BCUT2D eigenvalue weighted by molar-refractivity contribution is 0.0529. The van der Waals surface area contributed by atoms with Crippen LogP contribution in [0.15, 0.2) is 29.3 Å². The molecule has 1 amide bonds. The summed E-state index contributed by atoms with van der Waals surface area (Å²) in [7, 11) is 0. The van der Waals surface area contributed by atoms with E-state index in [9.17, 15) is 9.90 Å². The van der Waals surface area contributed by atoms with Gasteiger partial charge in [0.15, 0.2) is 5.96 Å². The van der Waals surface area contributed by atoms with Crippen molar-refractivity contribution in [1.29, 1.82) is 0 Å². The Kier molecular flexibility index (Phi) is 12.2. The van der Waals surface area contributed by atoms with Gasteiger partial charge in [-0.3, -0.25) is 9.89 Å². The minimum Gasteiger partial charge on any atom is -0.444 e. The summed E-state index contributed by atoms with van der Waals surface area (Å²) in [5.74, 6) is 0.617. The molecule has 1 aromatic carbocycles. The zero-order valence-corrected chi connectivity index (χ0v) is 21.4. The van der Waals surface area contributed by atoms with Crippen LogP contribution in [0.2, 0.25) is 0 Å². The Bertz CT molecular complexity index is 709. The van der Waals surface area contributed by atoms with E-state index in [2.05, 4.69) is 50.1 Å². The van der Waals surface area contributed by atoms with E-state index in [1.807, 2.05) is 27.7 Å². The van der Waals surface area contributed by atoms with E-state index in [-0.39, 0.29) is 24.0 Å². The largest absolute Gasteiger partial charge is 0.444 e. The first kappa shape index (κ1) is 27.4. The van der Waals surface area contributed by atoms with Crippen LogP contribution in [-0.4, -0.2) is 73.0 Å². The Labute approximate surface area is 203 Å². The Hall–Kier alpha value is -1.59. The summed E-state index contributed by atoms with van der Waals surface area (Å²) in [6.45, 7) is 11.8. The molecule has 1 aliphatic heterocycles. The maximum atomic E-state index is 11.7. The van der Waals surface area contributed by atoms with E-state index in [0.29, 0.717) is 38.7 Å². The summed E-state index contributed by atoms with van der Waals surface area (Å²) in [5, 5.41) is 19.4. The van der Waals surface area contributed by atoms with Crippen LogP contribution >= 0.6 is 24.0 Å². The van der Waals surface area contributed by atoms with Gasteiger partial charge < -0.3 is 25.8 Å². The van der Waals surface area contributed by atoms with Crippen molar-refractivity contribution in [2.45, 2.75) is 52.4 Å². The van der Waals surface area contributed by atoms with Gasteiger partial charge in [0.05, 0.1) is 12.6 Å². The number of aliphatic hydroxyl groups is 1. The van der Waals surface area contributed by atoms with Crippen LogP contribution in [0.5, 0.6) is 0 Å². The molecule has 1 aromatic rings. The average molecular weight is 547 g/mol. The molecular weight excluding hydrogens is 509 g/mol. The van der Waals surface area contributed by atoms with E-state index in [4.69, 9.17) is 4.74 Å². The quantitative estimate of drug-likeness (QED) is 0.172. The van der Waals surface area contributed by atoms with Gasteiger partial charge >= 0.3 is 6.09 Å². The molecule has 0 saturated carbocycles. The predicted octanol–water partition coefficient (Wildman–Crippen LogP) is 2.10. The van der Waals surface area contributed by atoms with Gasteiger partial charge in [0.25, 0.3) is 0 Å². The molecular formula is C22H38IN5O3. The summed E-state index contributed by atoms with van der Waals surface area (Å²) in [6, 6.07) is 8.48. The number of nitrogens with one attached hydrogen (secondary N) is 3. The van der Waals surface area contributed by atoms with Crippen LogP contribution in [0.1, 0.15) is 38.8 Å². The third-order valence-corrected chi connectivity index (χ3v) is 4.57. The molecule has 1 unspecified atom stereocenters. The van der Waals surface area contributed by atoms with Crippen molar-refractivity contribution in [3.8, 4) is 0 Å². The topological polar surface area (TPSA) is 98.2 Å². The first-order valence-corrected chi connectivity index (χ1v) is 10.7. The lowest BCUT2D eigenvalue weighted by Gasteiger charge is -2.30. The summed E-state index contributed by atoms with van der Waals surface area (Å²) < 4.78 is 5.20. The van der Waals surface area contributed by atoms with Gasteiger partial charge in [-0.2, -0.15) is 0 Å². The fourth-order valence-electron chi connectivity index (χ4n) is 3.26. The Morgan fingerprint density at radius 3 is 2.55 bits per heavy atom. The first-order chi connectivity index (χ1) is 14.3. The molecule has 176 valence electrons. The van der Waals surface area contributed by atoms with E-state index in [0.717, 1.165) is 19.5 Å². The molecule has 31 heavy (non-hydrogen) atoms. The number of nitrogens with zero attached hydrogens (tertiary/aromatic N) is 2. The van der Waals surface area contributed by atoms with Gasteiger partial charge in [0.1, 0.15) is 5.60 Å². The van der Waals surface area contributed by atoms with Crippen LogP contribution in [0, 0.1) is 0 Å². The summed E-state index contributed by atoms with van der Waals surface area (Å²) >= 11 is 0. The van der Waals surface area contributed by atoms with E-state index in [1.54, 1.807) is 0 Å². The highest BCUT2D eigenvalue weighted by atomic mass is 127. The van der Waals surface area contributed by atoms with E-state index < -0.39 is 17.8 Å². The first-order valence-electron chi connectivity index (χ1n) is 10.7. The molecule has 2 rings (SSSR count). The summed E-state index contributed by atoms with van der Waals surface area (Å²) in [4.78, 5) is 18.4. The number of hydrogen-bond donors (Lipinski definition) is 4. The van der Waals surface area contributed by atoms with Crippen LogP contribution in [-0.2, 0) is 17.7 Å². The van der Waals surface area contributed by atoms with Gasteiger partial charge in [-0.05, 0) is 45.2 Å². The summed E-state index contributed by atoms with van der Waals surface area (Å²) in [5.41, 5.74) is 2.23. The van der Waals surface area contributed by atoms with Crippen molar-refractivity contribution >= 4 is 36.0 Å². The number of fused-ring (bicyclic) bond motifs is 1. The molecule has 0 radical (unpaired) electrons. The number of halogens is 1. The molecule has 0 fully saturated rings. The van der Waals surface area contributed by atoms with Gasteiger partial charge in [-0.25, -0.2) is 4.79 Å². The molecule has 8 nitrogen and oxygen atoms in total. The van der Waals surface area contributed by atoms with E-state index >= 15 is 0 Å². The molecule has 1 atom stereocenters. The van der Waals surface area contributed by atoms with Crippen LogP contribution in [0.3, 0.4) is 0 Å². The smallest absolute Gasteiger partial charge is 0.407 e. The summed E-state index contributed by atoms with van der Waals surface area (Å²) in [6.07, 6.45) is 0.0384. The number of hydrogen-bond acceptors (Lipinski definition) is 5. The maximum Gasteiger partial charge on any atom is 0.407 e. The second-order valence-corrected chi connectivity index (χ2v) is 8.48. The maximum absolute atomic E-state index is 11.7. The number of rotatable bonds is 8. The predicted molar refractivity (Wildman–Crippen MR) is 135 cm³/mol. The number of ether oxygens (including phenoxy) is 1. The van der Waals surface area contributed by atoms with Crippen molar-refractivity contribution in [1.82, 2.24) is 20.9 Å². The zero-order chi connectivity index (χ0) is 22.0. The number of aliphatic hydroxyl groups excluding tert-OH is 1. The van der Waals surface area contributed by atoms with Gasteiger partial charge in [0.2, 0.25) is 0 Å². The lowest BCUT2D eigenvalue weighted by Crippen LogP contribution is -2.43. The molecule has 1 aliphatic rings. The van der Waals surface area contributed by atoms with E-state index in [1.165, 1.54) is 11.1 Å². The Morgan fingerprint density at radius 1 is 1.19 bits per heavy atom. The van der Waals surface area contributed by atoms with Gasteiger partial charge in [-0.15, -0.1) is 24.0 Å². The van der Waals surface area contributed by atoms with Crippen LogP contribution in [0.25, 0.3) is 0 Å². The van der Waals surface area contributed by atoms with Gasteiger partial charge in [-0.1, -0.05) is 24.3 Å². The van der Waals surface area contributed by atoms with Crippen molar-refractivity contribution < 1.29 is 14.6 Å². The minimum atomic E-state index is -0.536. The zero-order valence-electron chi connectivity index (χ0n) is 19.1. The number of benzene rings is 1. The highest BCUT2D eigenvalue weighted by molar-refractivity contribution is 14.0. The van der Waals surface area contributed by atoms with Crippen LogP contribution < -0.4 is 16.0 Å².